The molecule has 1 heterocycles. The summed E-state index contributed by atoms with van der Waals surface area (Å²) >= 11 is 0. The summed E-state index contributed by atoms with van der Waals surface area (Å²) in [5.41, 5.74) is 0. The van der Waals surface area contributed by atoms with Crippen molar-refractivity contribution in [3.05, 3.63) is 12.4 Å². The van der Waals surface area contributed by atoms with E-state index in [1.807, 2.05) is 14.1 Å². The molecule has 0 unspecified atom stereocenters. The van der Waals surface area contributed by atoms with E-state index < -0.39 is 0 Å². The van der Waals surface area contributed by atoms with Crippen molar-refractivity contribution in [3.63, 3.8) is 0 Å². The molecule has 0 radical (unpaired) electrons. The number of likely N-dealkylation sites (tertiary alicyclic amines) is 1. The summed E-state index contributed by atoms with van der Waals surface area (Å²) in [7, 11) is 5.86. The van der Waals surface area contributed by atoms with Crippen LogP contribution in [0.25, 0.3) is 0 Å². The quantitative estimate of drug-likeness (QED) is 0.654. The molecule has 0 aromatic carbocycles. The Hall–Kier alpha value is -0.700. The first-order valence-corrected chi connectivity index (χ1v) is 4.79. The average Bonchev–Trinajstić information content (AvgIpc) is 2.17. The van der Waals surface area contributed by atoms with E-state index >= 15 is 0 Å². The molecular weight excluding hydrogens is 164 g/mol. The Morgan fingerprint density at radius 1 is 1.38 bits per heavy atom. The largest absolute Gasteiger partial charge is 0.381 e. The molecular formula is C10H20N2O. The van der Waals surface area contributed by atoms with Gasteiger partial charge in [-0.3, -0.25) is 0 Å². The maximum atomic E-state index is 5.31. The first-order chi connectivity index (χ1) is 6.15. The maximum Gasteiger partial charge on any atom is 0.0959 e. The molecule has 0 aromatic rings. The third kappa shape index (κ3) is 2.62. The molecule has 0 amide bonds. The molecule has 3 nitrogen and oxygen atoms in total. The van der Waals surface area contributed by atoms with E-state index in [0.29, 0.717) is 6.10 Å². The van der Waals surface area contributed by atoms with Gasteiger partial charge in [0.25, 0.3) is 0 Å². The van der Waals surface area contributed by atoms with Crippen LogP contribution in [0.2, 0.25) is 0 Å². The van der Waals surface area contributed by atoms with Crippen LogP contribution in [0.4, 0.5) is 0 Å². The average molecular weight is 184 g/mol. The predicted molar refractivity (Wildman–Crippen MR) is 54.4 cm³/mol. The van der Waals surface area contributed by atoms with Crippen molar-refractivity contribution < 1.29 is 4.74 Å². The Morgan fingerprint density at radius 2 is 1.92 bits per heavy atom. The van der Waals surface area contributed by atoms with Crippen LogP contribution in [0.5, 0.6) is 0 Å². The number of nitrogens with zero attached hydrogens (tertiary/aromatic N) is 2. The zero-order valence-electron chi connectivity index (χ0n) is 8.92. The summed E-state index contributed by atoms with van der Waals surface area (Å²) in [4.78, 5) is 4.38. The number of piperidine rings is 1. The standard InChI is InChI=1S/C10H20N2O/c1-9(11(2)3)12-7-5-10(13-4)6-8-12/h10H,1,5-8H2,2-4H3. The van der Waals surface area contributed by atoms with E-state index in [0.717, 1.165) is 31.8 Å². The van der Waals surface area contributed by atoms with Gasteiger partial charge in [-0.2, -0.15) is 0 Å². The van der Waals surface area contributed by atoms with Gasteiger partial charge in [-0.25, -0.2) is 0 Å². The lowest BCUT2D eigenvalue weighted by Crippen LogP contribution is -2.39. The Bertz CT molecular complexity index is 172. The van der Waals surface area contributed by atoms with Gasteiger partial charge in [0.05, 0.1) is 11.9 Å². The second-order valence-electron chi connectivity index (χ2n) is 3.73. The fourth-order valence-corrected chi connectivity index (χ4v) is 1.63. The van der Waals surface area contributed by atoms with Crippen molar-refractivity contribution in [1.82, 2.24) is 9.80 Å². The summed E-state index contributed by atoms with van der Waals surface area (Å²) < 4.78 is 5.31. The highest BCUT2D eigenvalue weighted by molar-refractivity contribution is 4.93. The van der Waals surface area contributed by atoms with Crippen LogP contribution in [-0.4, -0.2) is 50.2 Å². The molecule has 0 spiro atoms. The number of rotatable bonds is 3. The van der Waals surface area contributed by atoms with Gasteiger partial charge in [-0.15, -0.1) is 0 Å². The first kappa shape index (κ1) is 10.4. The van der Waals surface area contributed by atoms with E-state index in [-0.39, 0.29) is 0 Å². The minimum absolute atomic E-state index is 0.450. The monoisotopic (exact) mass is 184 g/mol. The number of hydrogen-bond acceptors (Lipinski definition) is 3. The van der Waals surface area contributed by atoms with Crippen molar-refractivity contribution in [2.75, 3.05) is 34.3 Å². The summed E-state index contributed by atoms with van der Waals surface area (Å²) in [5, 5.41) is 0. The lowest BCUT2D eigenvalue weighted by Gasteiger charge is -2.36. The SMILES string of the molecule is C=C(N(C)C)N1CCC(OC)CC1. The van der Waals surface area contributed by atoms with E-state index in [4.69, 9.17) is 4.74 Å². The van der Waals surface area contributed by atoms with Gasteiger partial charge in [0, 0.05) is 34.3 Å². The summed E-state index contributed by atoms with van der Waals surface area (Å²) in [6.07, 6.45) is 2.68. The van der Waals surface area contributed by atoms with Crippen LogP contribution in [0.15, 0.2) is 12.4 Å². The van der Waals surface area contributed by atoms with Gasteiger partial charge in [0.15, 0.2) is 0 Å². The van der Waals surface area contributed by atoms with E-state index in [1.54, 1.807) is 7.11 Å². The van der Waals surface area contributed by atoms with Crippen LogP contribution in [-0.2, 0) is 4.74 Å². The molecule has 0 aliphatic carbocycles. The summed E-state index contributed by atoms with van der Waals surface area (Å²) in [5.74, 6) is 1.11. The molecule has 0 bridgehead atoms. The molecule has 0 atom stereocenters. The van der Waals surface area contributed by atoms with Crippen LogP contribution in [0.1, 0.15) is 12.8 Å². The Kier molecular flexibility index (Phi) is 3.60. The van der Waals surface area contributed by atoms with Gasteiger partial charge < -0.3 is 14.5 Å². The highest BCUT2D eigenvalue weighted by Gasteiger charge is 2.19. The molecule has 1 saturated heterocycles. The van der Waals surface area contributed by atoms with Crippen molar-refractivity contribution in [2.24, 2.45) is 0 Å². The lowest BCUT2D eigenvalue weighted by atomic mass is 10.1. The normalized spacial score (nSPS) is 18.8. The van der Waals surface area contributed by atoms with Crippen LogP contribution in [0.3, 0.4) is 0 Å². The van der Waals surface area contributed by atoms with Crippen LogP contribution >= 0.6 is 0 Å². The highest BCUT2D eigenvalue weighted by Crippen LogP contribution is 2.16. The fourth-order valence-electron chi connectivity index (χ4n) is 1.63. The van der Waals surface area contributed by atoms with Gasteiger partial charge in [-0.05, 0) is 12.8 Å². The number of methoxy groups -OCH3 is 1. The van der Waals surface area contributed by atoms with Crippen LogP contribution < -0.4 is 0 Å². The minimum atomic E-state index is 0.450. The molecule has 1 aliphatic rings. The van der Waals surface area contributed by atoms with Crippen molar-refractivity contribution in [2.45, 2.75) is 18.9 Å². The zero-order chi connectivity index (χ0) is 9.84. The van der Waals surface area contributed by atoms with Gasteiger partial charge in [-0.1, -0.05) is 6.58 Å². The van der Waals surface area contributed by atoms with Crippen molar-refractivity contribution >= 4 is 0 Å². The molecule has 1 aliphatic heterocycles. The van der Waals surface area contributed by atoms with Crippen molar-refractivity contribution in [3.8, 4) is 0 Å². The molecule has 0 saturated carbocycles. The third-order valence-electron chi connectivity index (χ3n) is 2.66. The zero-order valence-corrected chi connectivity index (χ0v) is 8.92. The van der Waals surface area contributed by atoms with E-state index in [1.165, 1.54) is 0 Å². The Labute approximate surface area is 81.0 Å². The third-order valence-corrected chi connectivity index (χ3v) is 2.66. The number of ether oxygens (including phenoxy) is 1. The second-order valence-corrected chi connectivity index (χ2v) is 3.73. The number of hydrogen-bond donors (Lipinski definition) is 0. The lowest BCUT2D eigenvalue weighted by molar-refractivity contribution is 0.0440. The highest BCUT2D eigenvalue weighted by atomic mass is 16.5. The molecule has 0 N–H and O–H groups in total. The second kappa shape index (κ2) is 4.51. The topological polar surface area (TPSA) is 15.7 Å². The minimum Gasteiger partial charge on any atom is -0.381 e. The van der Waals surface area contributed by atoms with E-state index in [2.05, 4.69) is 16.4 Å². The summed E-state index contributed by atoms with van der Waals surface area (Å²) in [6, 6.07) is 0. The maximum absolute atomic E-state index is 5.31. The smallest absolute Gasteiger partial charge is 0.0959 e. The molecule has 13 heavy (non-hydrogen) atoms. The molecule has 1 fully saturated rings. The fraction of sp³-hybridized carbons (Fsp3) is 0.800. The first-order valence-electron chi connectivity index (χ1n) is 4.79. The Morgan fingerprint density at radius 3 is 2.31 bits per heavy atom. The molecule has 1 rings (SSSR count). The summed E-state index contributed by atoms with van der Waals surface area (Å²) in [6.45, 7) is 6.17. The van der Waals surface area contributed by atoms with E-state index in [9.17, 15) is 0 Å². The van der Waals surface area contributed by atoms with Gasteiger partial charge in [0.2, 0.25) is 0 Å². The predicted octanol–water partition coefficient (Wildman–Crippen LogP) is 1.13. The van der Waals surface area contributed by atoms with Crippen molar-refractivity contribution in [1.29, 1.82) is 0 Å². The molecule has 3 heteroatoms. The Balaban J connectivity index is 2.36. The van der Waals surface area contributed by atoms with Gasteiger partial charge in [0.1, 0.15) is 0 Å². The van der Waals surface area contributed by atoms with Gasteiger partial charge >= 0.3 is 0 Å². The molecule has 0 aromatic heterocycles. The van der Waals surface area contributed by atoms with Crippen LogP contribution in [0, 0.1) is 0 Å². The molecule has 76 valence electrons.